The summed E-state index contributed by atoms with van der Waals surface area (Å²) in [5, 5.41) is 22.6. The number of oxime groups is 1. The lowest BCUT2D eigenvalue weighted by Gasteiger charge is -2.30. The number of nitrogens with one attached hydrogen (secondary N) is 1. The zero-order chi connectivity index (χ0) is 15.9. The molecule has 0 unspecified atom stereocenters. The summed E-state index contributed by atoms with van der Waals surface area (Å²) in [5.74, 6) is 0.357. The first-order chi connectivity index (χ1) is 10.0. The van der Waals surface area contributed by atoms with Crippen LogP contribution >= 0.6 is 0 Å². The Hall–Kier alpha value is -2.12. The molecule has 0 aliphatic carbocycles. The van der Waals surface area contributed by atoms with Crippen LogP contribution in [0.4, 0.5) is 0 Å². The molecule has 8 heteroatoms. The van der Waals surface area contributed by atoms with E-state index in [0.29, 0.717) is 18.7 Å². The highest BCUT2D eigenvalue weighted by Gasteiger charge is 2.41. The summed E-state index contributed by atoms with van der Waals surface area (Å²) in [7, 11) is 1.80. The van der Waals surface area contributed by atoms with E-state index in [1.54, 1.807) is 17.9 Å². The van der Waals surface area contributed by atoms with Crippen molar-refractivity contribution in [1.29, 1.82) is 0 Å². The van der Waals surface area contributed by atoms with Crippen molar-refractivity contribution in [2.45, 2.75) is 46.1 Å². The summed E-state index contributed by atoms with van der Waals surface area (Å²) in [6, 6.07) is 0. The Morgan fingerprint density at radius 1 is 1.48 bits per heavy atom. The third kappa shape index (κ3) is 3.71. The average Bonchev–Trinajstić information content (AvgIpc) is 2.88. The Bertz CT molecular complexity index is 491. The first kappa shape index (κ1) is 16.9. The van der Waals surface area contributed by atoms with Crippen LogP contribution in [0.15, 0.2) is 11.5 Å². The fourth-order valence-electron chi connectivity index (χ4n) is 2.47. The van der Waals surface area contributed by atoms with E-state index in [0.717, 1.165) is 12.8 Å². The minimum atomic E-state index is -0.975. The molecule has 0 aliphatic rings. The molecular weight excluding hydrogens is 272 g/mol. The molecule has 118 valence electrons. The van der Waals surface area contributed by atoms with Crippen LogP contribution in [0.5, 0.6) is 0 Å². The van der Waals surface area contributed by atoms with Gasteiger partial charge in [0.25, 0.3) is 0 Å². The van der Waals surface area contributed by atoms with E-state index in [9.17, 15) is 4.79 Å². The van der Waals surface area contributed by atoms with Crippen molar-refractivity contribution >= 4 is 11.7 Å². The number of hydrogen-bond donors (Lipinski definition) is 3. The molecule has 0 saturated heterocycles. The zero-order valence-corrected chi connectivity index (χ0v) is 12.8. The van der Waals surface area contributed by atoms with Crippen LogP contribution in [0, 0.1) is 5.41 Å². The highest BCUT2D eigenvalue weighted by Crippen LogP contribution is 2.30. The zero-order valence-electron chi connectivity index (χ0n) is 12.8. The van der Waals surface area contributed by atoms with Gasteiger partial charge in [-0.15, -0.1) is 10.2 Å². The lowest BCUT2D eigenvalue weighted by atomic mass is 9.77. The van der Waals surface area contributed by atoms with E-state index in [4.69, 9.17) is 10.9 Å². The Balaban J connectivity index is 2.91. The number of nitrogens with two attached hydrogens (primary N) is 1. The molecule has 0 bridgehead atoms. The van der Waals surface area contributed by atoms with E-state index in [2.05, 4.69) is 20.7 Å². The van der Waals surface area contributed by atoms with Crippen molar-refractivity contribution in [3.05, 3.63) is 12.2 Å². The van der Waals surface area contributed by atoms with Gasteiger partial charge in [-0.05, 0) is 12.8 Å². The quantitative estimate of drug-likeness (QED) is 0.283. The molecule has 1 heterocycles. The number of amides is 1. The van der Waals surface area contributed by atoms with Crippen LogP contribution in [0.3, 0.4) is 0 Å². The fourth-order valence-corrected chi connectivity index (χ4v) is 2.47. The summed E-state index contributed by atoms with van der Waals surface area (Å²) in [6.45, 7) is 4.18. The second kappa shape index (κ2) is 7.61. The largest absolute Gasteiger partial charge is 0.409 e. The molecule has 21 heavy (non-hydrogen) atoms. The van der Waals surface area contributed by atoms with Crippen LogP contribution in [0.1, 0.15) is 45.4 Å². The number of amidine groups is 1. The number of aromatic nitrogens is 3. The maximum Gasteiger partial charge on any atom is 0.234 e. The van der Waals surface area contributed by atoms with E-state index in [1.807, 2.05) is 13.8 Å². The van der Waals surface area contributed by atoms with Crippen molar-refractivity contribution in [3.63, 3.8) is 0 Å². The number of hydrogen-bond acceptors (Lipinski definition) is 5. The van der Waals surface area contributed by atoms with Gasteiger partial charge in [-0.25, -0.2) is 0 Å². The summed E-state index contributed by atoms with van der Waals surface area (Å²) < 4.78 is 1.73. The monoisotopic (exact) mass is 296 g/mol. The van der Waals surface area contributed by atoms with Crippen molar-refractivity contribution in [2.24, 2.45) is 23.4 Å². The van der Waals surface area contributed by atoms with Crippen molar-refractivity contribution < 1.29 is 10.0 Å². The fraction of sp³-hybridized carbons (Fsp3) is 0.692. The first-order valence-corrected chi connectivity index (χ1v) is 7.11. The molecule has 1 aromatic heterocycles. The smallest absolute Gasteiger partial charge is 0.234 e. The Morgan fingerprint density at radius 3 is 2.52 bits per heavy atom. The Morgan fingerprint density at radius 2 is 2.10 bits per heavy atom. The number of carbonyl (C=O) groups is 1. The lowest BCUT2D eigenvalue weighted by molar-refractivity contribution is -0.128. The number of rotatable bonds is 8. The van der Waals surface area contributed by atoms with E-state index in [1.165, 1.54) is 0 Å². The molecule has 0 saturated carbocycles. The second-order valence-corrected chi connectivity index (χ2v) is 5.11. The summed E-state index contributed by atoms with van der Waals surface area (Å²) in [6.07, 6.45) is 4.14. The van der Waals surface area contributed by atoms with Gasteiger partial charge in [-0.2, -0.15) is 0 Å². The van der Waals surface area contributed by atoms with Gasteiger partial charge < -0.3 is 20.8 Å². The Labute approximate surface area is 124 Å². The van der Waals surface area contributed by atoms with Crippen LogP contribution in [0.25, 0.3) is 0 Å². The predicted molar refractivity (Wildman–Crippen MR) is 78.5 cm³/mol. The standard InChI is InChI=1S/C13H24N6O2/c1-4-6-13(7-5-2,11(14)18-21)12(20)15-8-10-17-16-9-19(10)3/h9,21H,4-8H2,1-3H3,(H2,14,18)(H,15,20). The van der Waals surface area contributed by atoms with Gasteiger partial charge in [0.1, 0.15) is 11.7 Å². The molecule has 0 atom stereocenters. The third-order valence-corrected chi connectivity index (χ3v) is 3.60. The van der Waals surface area contributed by atoms with Crippen LogP contribution in [0.2, 0.25) is 0 Å². The number of carbonyl (C=O) groups excluding carboxylic acids is 1. The highest BCUT2D eigenvalue weighted by molar-refractivity contribution is 6.06. The van der Waals surface area contributed by atoms with E-state index < -0.39 is 5.41 Å². The van der Waals surface area contributed by atoms with Crippen LogP contribution in [-0.2, 0) is 18.4 Å². The topological polar surface area (TPSA) is 118 Å². The number of aryl methyl sites for hydroxylation is 1. The summed E-state index contributed by atoms with van der Waals surface area (Å²) in [4.78, 5) is 12.6. The van der Waals surface area contributed by atoms with Gasteiger partial charge in [-0.1, -0.05) is 31.8 Å². The molecule has 0 aliphatic heterocycles. The molecule has 0 fully saturated rings. The van der Waals surface area contributed by atoms with E-state index >= 15 is 0 Å². The lowest BCUT2D eigenvalue weighted by Crippen LogP contribution is -2.49. The first-order valence-electron chi connectivity index (χ1n) is 7.11. The molecule has 1 amide bonds. The minimum Gasteiger partial charge on any atom is -0.409 e. The van der Waals surface area contributed by atoms with Crippen molar-refractivity contribution in [1.82, 2.24) is 20.1 Å². The highest BCUT2D eigenvalue weighted by atomic mass is 16.4. The summed E-state index contributed by atoms with van der Waals surface area (Å²) >= 11 is 0. The normalized spacial score (nSPS) is 12.4. The van der Waals surface area contributed by atoms with Gasteiger partial charge in [0.05, 0.1) is 6.54 Å². The van der Waals surface area contributed by atoms with Crippen LogP contribution in [-0.4, -0.2) is 31.7 Å². The molecule has 1 aromatic rings. The van der Waals surface area contributed by atoms with Gasteiger partial charge >= 0.3 is 0 Å². The molecule has 4 N–H and O–H groups in total. The molecular formula is C13H24N6O2. The van der Waals surface area contributed by atoms with Crippen molar-refractivity contribution in [3.8, 4) is 0 Å². The van der Waals surface area contributed by atoms with Gasteiger partial charge in [0.15, 0.2) is 11.7 Å². The summed E-state index contributed by atoms with van der Waals surface area (Å²) in [5.41, 5.74) is 4.83. The number of nitrogens with zero attached hydrogens (tertiary/aromatic N) is 4. The maximum absolute atomic E-state index is 12.6. The molecule has 1 rings (SSSR count). The SMILES string of the molecule is CCCC(CCC)(C(=O)NCc1nncn1C)C(N)=NO. The molecule has 8 nitrogen and oxygen atoms in total. The van der Waals surface area contributed by atoms with Gasteiger partial charge in [0, 0.05) is 7.05 Å². The average molecular weight is 296 g/mol. The van der Waals surface area contributed by atoms with Gasteiger partial charge in [0.2, 0.25) is 5.91 Å². The second-order valence-electron chi connectivity index (χ2n) is 5.11. The third-order valence-electron chi connectivity index (χ3n) is 3.60. The Kier molecular flexibility index (Phi) is 6.13. The predicted octanol–water partition coefficient (Wildman–Crippen LogP) is 0.764. The van der Waals surface area contributed by atoms with Crippen LogP contribution < -0.4 is 11.1 Å². The molecule has 0 radical (unpaired) electrons. The minimum absolute atomic E-state index is 0.0401. The van der Waals surface area contributed by atoms with E-state index in [-0.39, 0.29) is 18.3 Å². The maximum atomic E-state index is 12.6. The molecule has 0 aromatic carbocycles. The molecule has 0 spiro atoms. The van der Waals surface area contributed by atoms with Gasteiger partial charge in [-0.3, -0.25) is 4.79 Å². The van der Waals surface area contributed by atoms with Crippen molar-refractivity contribution in [2.75, 3.05) is 0 Å².